The molecule has 108 valence electrons. The summed E-state index contributed by atoms with van der Waals surface area (Å²) in [7, 11) is 0. The second-order valence-electron chi connectivity index (χ2n) is 4.80. The molecule has 2 unspecified atom stereocenters. The van der Waals surface area contributed by atoms with Gasteiger partial charge in [0.1, 0.15) is 0 Å². The monoisotopic (exact) mass is 305 g/mol. The van der Waals surface area contributed by atoms with E-state index in [1.807, 2.05) is 13.0 Å². The Balaban J connectivity index is 0.00000162. The first-order valence-electron chi connectivity index (χ1n) is 6.11. The second kappa shape index (κ2) is 8.35. The fourth-order valence-electron chi connectivity index (χ4n) is 2.21. The largest absolute Gasteiger partial charge is 0.349 e. The van der Waals surface area contributed by atoms with E-state index in [1.54, 1.807) is 12.4 Å². The number of piperidine rings is 1. The summed E-state index contributed by atoms with van der Waals surface area (Å²) in [5.74, 6) is -0.0136. The van der Waals surface area contributed by atoms with Crippen LogP contribution in [0.15, 0.2) is 18.5 Å². The molecule has 0 radical (unpaired) electrons. The average molecular weight is 306 g/mol. The van der Waals surface area contributed by atoms with Gasteiger partial charge in [-0.15, -0.1) is 24.8 Å². The Labute approximate surface area is 126 Å². The Morgan fingerprint density at radius 2 is 2.16 bits per heavy atom. The highest BCUT2D eigenvalue weighted by atomic mass is 35.5. The van der Waals surface area contributed by atoms with E-state index in [1.165, 1.54) is 0 Å². The smallest absolute Gasteiger partial charge is 0.253 e. The molecule has 0 saturated carbocycles. The molecule has 1 amide bonds. The molecule has 1 aromatic heterocycles. The molecule has 0 aromatic carbocycles. The molecule has 2 atom stereocenters. The van der Waals surface area contributed by atoms with Crippen LogP contribution in [0.1, 0.15) is 35.7 Å². The minimum absolute atomic E-state index is 0. The number of rotatable bonds is 2. The van der Waals surface area contributed by atoms with Crippen LogP contribution in [0, 0.1) is 6.92 Å². The zero-order chi connectivity index (χ0) is 12.3. The molecule has 0 spiro atoms. The van der Waals surface area contributed by atoms with Crippen LogP contribution in [0.4, 0.5) is 0 Å². The van der Waals surface area contributed by atoms with Crippen molar-refractivity contribution in [1.82, 2.24) is 15.6 Å². The standard InChI is InChI=1S/C13H19N3O.2ClH/c1-9-5-11(8-14-7-9)13(17)16-12-3-4-15-10(2)6-12;;/h5,7-8,10,12,15H,3-4,6H2,1-2H3,(H,16,17);2*1H. The van der Waals surface area contributed by atoms with Crippen LogP contribution in [0.5, 0.6) is 0 Å². The number of carbonyl (C=O) groups excluding carboxylic acids is 1. The van der Waals surface area contributed by atoms with E-state index in [-0.39, 0.29) is 36.8 Å². The Hall–Kier alpha value is -0.840. The Bertz CT molecular complexity index is 415. The maximum Gasteiger partial charge on any atom is 0.253 e. The van der Waals surface area contributed by atoms with Gasteiger partial charge in [-0.05, 0) is 44.9 Å². The van der Waals surface area contributed by atoms with E-state index in [0.717, 1.165) is 24.9 Å². The summed E-state index contributed by atoms with van der Waals surface area (Å²) in [4.78, 5) is 16.0. The summed E-state index contributed by atoms with van der Waals surface area (Å²) in [5, 5.41) is 6.44. The SMILES string of the molecule is Cc1cncc(C(=O)NC2CCNC(C)C2)c1.Cl.Cl. The van der Waals surface area contributed by atoms with Gasteiger partial charge in [0.15, 0.2) is 0 Å². The van der Waals surface area contributed by atoms with Crippen molar-refractivity contribution in [2.24, 2.45) is 0 Å². The third kappa shape index (κ3) is 5.35. The first-order chi connectivity index (χ1) is 8.15. The number of hydrogen-bond donors (Lipinski definition) is 2. The molecule has 19 heavy (non-hydrogen) atoms. The lowest BCUT2D eigenvalue weighted by Gasteiger charge is -2.28. The van der Waals surface area contributed by atoms with Gasteiger partial charge in [-0.2, -0.15) is 0 Å². The molecule has 1 fully saturated rings. The van der Waals surface area contributed by atoms with E-state index < -0.39 is 0 Å². The Morgan fingerprint density at radius 1 is 1.42 bits per heavy atom. The molecule has 1 saturated heterocycles. The molecule has 1 aliphatic heterocycles. The van der Waals surface area contributed by atoms with Crippen molar-refractivity contribution in [3.8, 4) is 0 Å². The van der Waals surface area contributed by atoms with Crippen LogP contribution in [0.25, 0.3) is 0 Å². The molecular formula is C13H21Cl2N3O. The number of aryl methyl sites for hydroxylation is 1. The van der Waals surface area contributed by atoms with Crippen LogP contribution in [-0.4, -0.2) is 29.5 Å². The predicted octanol–water partition coefficient (Wildman–Crippen LogP) is 2.10. The van der Waals surface area contributed by atoms with Crippen molar-refractivity contribution in [2.75, 3.05) is 6.54 Å². The van der Waals surface area contributed by atoms with Crippen LogP contribution in [-0.2, 0) is 0 Å². The third-order valence-corrected chi connectivity index (χ3v) is 3.10. The van der Waals surface area contributed by atoms with Gasteiger partial charge in [0, 0.05) is 24.5 Å². The molecule has 6 heteroatoms. The van der Waals surface area contributed by atoms with E-state index >= 15 is 0 Å². The molecule has 2 heterocycles. The Morgan fingerprint density at radius 3 is 2.79 bits per heavy atom. The van der Waals surface area contributed by atoms with Gasteiger partial charge in [0.25, 0.3) is 5.91 Å². The zero-order valence-corrected chi connectivity index (χ0v) is 12.8. The summed E-state index contributed by atoms with van der Waals surface area (Å²) < 4.78 is 0. The lowest BCUT2D eigenvalue weighted by Crippen LogP contribution is -2.46. The van der Waals surface area contributed by atoms with Gasteiger partial charge >= 0.3 is 0 Å². The number of pyridine rings is 1. The van der Waals surface area contributed by atoms with E-state index in [0.29, 0.717) is 11.6 Å². The van der Waals surface area contributed by atoms with Crippen LogP contribution in [0.3, 0.4) is 0 Å². The maximum absolute atomic E-state index is 12.0. The zero-order valence-electron chi connectivity index (χ0n) is 11.2. The molecule has 0 aliphatic carbocycles. The summed E-state index contributed by atoms with van der Waals surface area (Å²) in [6.07, 6.45) is 5.36. The topological polar surface area (TPSA) is 54.0 Å². The fourth-order valence-corrected chi connectivity index (χ4v) is 2.21. The van der Waals surface area contributed by atoms with E-state index in [4.69, 9.17) is 0 Å². The molecular weight excluding hydrogens is 285 g/mol. The third-order valence-electron chi connectivity index (χ3n) is 3.10. The second-order valence-corrected chi connectivity index (χ2v) is 4.80. The number of halogens is 2. The molecule has 2 rings (SSSR count). The van der Waals surface area contributed by atoms with E-state index in [2.05, 4.69) is 22.5 Å². The first kappa shape index (κ1) is 18.2. The highest BCUT2D eigenvalue weighted by molar-refractivity contribution is 5.94. The van der Waals surface area contributed by atoms with Crippen LogP contribution < -0.4 is 10.6 Å². The lowest BCUT2D eigenvalue weighted by atomic mass is 10.0. The molecule has 0 bridgehead atoms. The minimum Gasteiger partial charge on any atom is -0.349 e. The van der Waals surface area contributed by atoms with Gasteiger partial charge in [-0.3, -0.25) is 9.78 Å². The van der Waals surface area contributed by atoms with Crippen molar-refractivity contribution >= 4 is 30.7 Å². The highest BCUT2D eigenvalue weighted by Crippen LogP contribution is 2.09. The van der Waals surface area contributed by atoms with Crippen LogP contribution in [0.2, 0.25) is 0 Å². The fraction of sp³-hybridized carbons (Fsp3) is 0.538. The number of nitrogens with zero attached hydrogens (tertiary/aromatic N) is 1. The summed E-state index contributed by atoms with van der Waals surface area (Å²) in [5.41, 5.74) is 1.66. The number of nitrogens with one attached hydrogen (secondary N) is 2. The Kier molecular flexibility index (Phi) is 7.99. The number of carbonyl (C=O) groups is 1. The summed E-state index contributed by atoms with van der Waals surface area (Å²) in [6.45, 7) is 5.06. The van der Waals surface area contributed by atoms with Gasteiger partial charge in [0.2, 0.25) is 0 Å². The molecule has 2 N–H and O–H groups in total. The number of amides is 1. The van der Waals surface area contributed by atoms with Crippen molar-refractivity contribution < 1.29 is 4.79 Å². The van der Waals surface area contributed by atoms with Crippen LogP contribution >= 0.6 is 24.8 Å². The molecule has 1 aliphatic rings. The summed E-state index contributed by atoms with van der Waals surface area (Å²) in [6, 6.07) is 2.62. The van der Waals surface area contributed by atoms with Gasteiger partial charge in [0.05, 0.1) is 5.56 Å². The predicted molar refractivity (Wildman–Crippen MR) is 81.4 cm³/mol. The molecule has 1 aromatic rings. The number of aromatic nitrogens is 1. The quantitative estimate of drug-likeness (QED) is 0.880. The lowest BCUT2D eigenvalue weighted by molar-refractivity contribution is 0.0925. The van der Waals surface area contributed by atoms with Crippen molar-refractivity contribution in [2.45, 2.75) is 38.8 Å². The van der Waals surface area contributed by atoms with Gasteiger partial charge < -0.3 is 10.6 Å². The average Bonchev–Trinajstić information content (AvgIpc) is 2.29. The minimum atomic E-state index is -0.0136. The molecule has 4 nitrogen and oxygen atoms in total. The van der Waals surface area contributed by atoms with Gasteiger partial charge in [-0.25, -0.2) is 0 Å². The van der Waals surface area contributed by atoms with E-state index in [9.17, 15) is 4.79 Å². The highest BCUT2D eigenvalue weighted by Gasteiger charge is 2.20. The van der Waals surface area contributed by atoms with Crippen molar-refractivity contribution in [3.63, 3.8) is 0 Å². The summed E-state index contributed by atoms with van der Waals surface area (Å²) >= 11 is 0. The maximum atomic E-state index is 12.0. The number of hydrogen-bond acceptors (Lipinski definition) is 3. The van der Waals surface area contributed by atoms with Gasteiger partial charge in [-0.1, -0.05) is 0 Å². The normalized spacial score (nSPS) is 21.8. The first-order valence-corrected chi connectivity index (χ1v) is 6.11. The van der Waals surface area contributed by atoms with Crippen molar-refractivity contribution in [3.05, 3.63) is 29.6 Å². The van der Waals surface area contributed by atoms with Crippen molar-refractivity contribution in [1.29, 1.82) is 0 Å².